The monoisotopic (exact) mass is 307 g/mol. The standard InChI is InChI=1S/C14H17N3OS2/c1-3-11(18-7-1)9-20-14-16-15-13(12-4-2-8-19-12)17(14)10-5-6-10/h2,4,8,10-11H,1,3,5-7,9H2. The van der Waals surface area contributed by atoms with Crippen LogP contribution in [0.2, 0.25) is 0 Å². The summed E-state index contributed by atoms with van der Waals surface area (Å²) >= 11 is 3.53. The molecule has 1 saturated carbocycles. The van der Waals surface area contributed by atoms with Crippen molar-refractivity contribution in [3.63, 3.8) is 0 Å². The summed E-state index contributed by atoms with van der Waals surface area (Å²) in [6.07, 6.45) is 5.28. The smallest absolute Gasteiger partial charge is 0.191 e. The first-order valence-corrected chi connectivity index (χ1v) is 9.01. The molecular formula is C14H17N3OS2. The quantitative estimate of drug-likeness (QED) is 0.791. The van der Waals surface area contributed by atoms with E-state index in [0.29, 0.717) is 12.1 Å². The summed E-state index contributed by atoms with van der Waals surface area (Å²) in [6, 6.07) is 4.81. The number of ether oxygens (including phenoxy) is 1. The summed E-state index contributed by atoms with van der Waals surface area (Å²) in [5, 5.41) is 12.0. The summed E-state index contributed by atoms with van der Waals surface area (Å²) in [4.78, 5) is 1.22. The highest BCUT2D eigenvalue weighted by Gasteiger charge is 2.30. The zero-order chi connectivity index (χ0) is 13.4. The molecular weight excluding hydrogens is 290 g/mol. The number of thiophene rings is 1. The topological polar surface area (TPSA) is 39.9 Å². The third-order valence-electron chi connectivity index (χ3n) is 3.74. The molecule has 106 valence electrons. The van der Waals surface area contributed by atoms with Crippen LogP contribution in [0.5, 0.6) is 0 Å². The fourth-order valence-corrected chi connectivity index (χ4v) is 4.33. The Morgan fingerprint density at radius 3 is 3.00 bits per heavy atom. The largest absolute Gasteiger partial charge is 0.377 e. The number of aromatic nitrogens is 3. The Bertz CT molecular complexity index is 571. The Kier molecular flexibility index (Phi) is 3.54. The normalized spacial score (nSPS) is 22.5. The minimum Gasteiger partial charge on any atom is -0.377 e. The highest BCUT2D eigenvalue weighted by molar-refractivity contribution is 7.99. The molecule has 4 rings (SSSR count). The summed E-state index contributed by atoms with van der Waals surface area (Å²) in [5.74, 6) is 2.03. The first kappa shape index (κ1) is 12.9. The van der Waals surface area contributed by atoms with Crippen LogP contribution in [-0.4, -0.2) is 33.2 Å². The van der Waals surface area contributed by atoms with Gasteiger partial charge in [0.15, 0.2) is 11.0 Å². The van der Waals surface area contributed by atoms with Crippen LogP contribution in [0.25, 0.3) is 10.7 Å². The van der Waals surface area contributed by atoms with Gasteiger partial charge in [0.05, 0.1) is 11.0 Å². The second-order valence-electron chi connectivity index (χ2n) is 5.33. The molecule has 2 aliphatic rings. The fraction of sp³-hybridized carbons (Fsp3) is 0.571. The van der Waals surface area contributed by atoms with Gasteiger partial charge in [-0.3, -0.25) is 4.57 Å². The molecule has 0 spiro atoms. The predicted molar refractivity (Wildman–Crippen MR) is 81.3 cm³/mol. The maximum atomic E-state index is 5.69. The molecule has 2 fully saturated rings. The van der Waals surface area contributed by atoms with Gasteiger partial charge in [0, 0.05) is 18.4 Å². The van der Waals surface area contributed by atoms with Crippen molar-refractivity contribution in [2.75, 3.05) is 12.4 Å². The molecule has 1 saturated heterocycles. The van der Waals surface area contributed by atoms with E-state index in [9.17, 15) is 0 Å². The van der Waals surface area contributed by atoms with E-state index in [-0.39, 0.29) is 0 Å². The van der Waals surface area contributed by atoms with Crippen LogP contribution in [-0.2, 0) is 4.74 Å². The van der Waals surface area contributed by atoms with Crippen LogP contribution in [0.3, 0.4) is 0 Å². The van der Waals surface area contributed by atoms with E-state index in [1.165, 1.54) is 30.6 Å². The molecule has 2 aromatic rings. The van der Waals surface area contributed by atoms with Gasteiger partial charge in [0.1, 0.15) is 0 Å². The van der Waals surface area contributed by atoms with Crippen LogP contribution in [0, 0.1) is 0 Å². The first-order valence-electron chi connectivity index (χ1n) is 7.15. The summed E-state index contributed by atoms with van der Waals surface area (Å²) in [7, 11) is 0. The number of hydrogen-bond acceptors (Lipinski definition) is 5. The van der Waals surface area contributed by atoms with E-state index in [2.05, 4.69) is 32.3 Å². The molecule has 6 heteroatoms. The molecule has 3 heterocycles. The number of nitrogens with zero attached hydrogens (tertiary/aromatic N) is 3. The van der Waals surface area contributed by atoms with Gasteiger partial charge in [-0.15, -0.1) is 21.5 Å². The van der Waals surface area contributed by atoms with Crippen LogP contribution in [0.4, 0.5) is 0 Å². The average molecular weight is 307 g/mol. The Labute approximate surface area is 126 Å². The van der Waals surface area contributed by atoms with Crippen molar-refractivity contribution in [3.05, 3.63) is 17.5 Å². The Morgan fingerprint density at radius 1 is 1.35 bits per heavy atom. The SMILES string of the molecule is c1csc(-c2nnc(SCC3CCCO3)n2C2CC2)c1. The van der Waals surface area contributed by atoms with Gasteiger partial charge in [-0.05, 0) is 37.1 Å². The second-order valence-corrected chi connectivity index (χ2v) is 7.27. The molecule has 0 bridgehead atoms. The fourth-order valence-electron chi connectivity index (χ4n) is 2.55. The lowest BCUT2D eigenvalue weighted by Crippen LogP contribution is -2.09. The van der Waals surface area contributed by atoms with Crippen LogP contribution in [0.15, 0.2) is 22.7 Å². The molecule has 20 heavy (non-hydrogen) atoms. The van der Waals surface area contributed by atoms with Crippen molar-refractivity contribution in [1.82, 2.24) is 14.8 Å². The maximum Gasteiger partial charge on any atom is 0.191 e. The van der Waals surface area contributed by atoms with Crippen molar-refractivity contribution < 1.29 is 4.74 Å². The van der Waals surface area contributed by atoms with Crippen molar-refractivity contribution >= 4 is 23.1 Å². The van der Waals surface area contributed by atoms with Gasteiger partial charge in [-0.1, -0.05) is 17.8 Å². The van der Waals surface area contributed by atoms with Crippen molar-refractivity contribution in [1.29, 1.82) is 0 Å². The molecule has 1 unspecified atom stereocenters. The van der Waals surface area contributed by atoms with Gasteiger partial charge >= 0.3 is 0 Å². The van der Waals surface area contributed by atoms with Crippen LogP contribution >= 0.6 is 23.1 Å². The molecule has 0 aromatic carbocycles. The van der Waals surface area contributed by atoms with E-state index in [4.69, 9.17) is 4.74 Å². The van der Waals surface area contributed by atoms with Gasteiger partial charge in [0.2, 0.25) is 0 Å². The van der Waals surface area contributed by atoms with E-state index in [1.54, 1.807) is 23.1 Å². The lowest BCUT2D eigenvalue weighted by molar-refractivity contribution is 0.129. The van der Waals surface area contributed by atoms with E-state index in [0.717, 1.165) is 23.3 Å². The first-order chi connectivity index (χ1) is 9.92. The van der Waals surface area contributed by atoms with Crippen LogP contribution in [0.1, 0.15) is 31.7 Å². The second kappa shape index (κ2) is 5.50. The summed E-state index contributed by atoms with van der Waals surface area (Å²) < 4.78 is 8.03. The Balaban J connectivity index is 1.56. The molecule has 1 aliphatic heterocycles. The zero-order valence-corrected chi connectivity index (χ0v) is 12.8. The highest BCUT2D eigenvalue weighted by atomic mass is 32.2. The highest BCUT2D eigenvalue weighted by Crippen LogP contribution is 2.42. The third kappa shape index (κ3) is 2.52. The molecule has 4 nitrogen and oxygen atoms in total. The molecule has 1 atom stereocenters. The van der Waals surface area contributed by atoms with Gasteiger partial charge in [0.25, 0.3) is 0 Å². The van der Waals surface area contributed by atoms with Crippen molar-refractivity contribution in [3.8, 4) is 10.7 Å². The zero-order valence-electron chi connectivity index (χ0n) is 11.2. The van der Waals surface area contributed by atoms with E-state index < -0.39 is 0 Å². The van der Waals surface area contributed by atoms with Crippen molar-refractivity contribution in [2.24, 2.45) is 0 Å². The van der Waals surface area contributed by atoms with Gasteiger partial charge in [-0.25, -0.2) is 0 Å². The van der Waals surface area contributed by atoms with E-state index in [1.807, 2.05) is 0 Å². The predicted octanol–water partition coefficient (Wildman–Crippen LogP) is 3.61. The molecule has 2 aromatic heterocycles. The summed E-state index contributed by atoms with van der Waals surface area (Å²) in [6.45, 7) is 0.918. The third-order valence-corrected chi connectivity index (χ3v) is 5.68. The van der Waals surface area contributed by atoms with Crippen molar-refractivity contribution in [2.45, 2.75) is 43.0 Å². The minimum absolute atomic E-state index is 0.398. The average Bonchev–Trinajstić information content (AvgIpc) is 2.94. The number of rotatable bonds is 5. The lowest BCUT2D eigenvalue weighted by Gasteiger charge is -2.10. The molecule has 0 N–H and O–H groups in total. The molecule has 0 radical (unpaired) electrons. The Morgan fingerprint density at radius 2 is 2.30 bits per heavy atom. The minimum atomic E-state index is 0.398. The van der Waals surface area contributed by atoms with Gasteiger partial charge < -0.3 is 4.74 Å². The molecule has 0 amide bonds. The Hall–Kier alpha value is -0.850. The number of thioether (sulfide) groups is 1. The maximum absolute atomic E-state index is 5.69. The van der Waals surface area contributed by atoms with E-state index >= 15 is 0 Å². The lowest BCUT2D eigenvalue weighted by atomic mass is 10.3. The van der Waals surface area contributed by atoms with Gasteiger partial charge in [-0.2, -0.15) is 0 Å². The summed E-state index contributed by atoms with van der Waals surface area (Å²) in [5.41, 5.74) is 0. The number of hydrogen-bond donors (Lipinski definition) is 0. The van der Waals surface area contributed by atoms with Crippen LogP contribution < -0.4 is 0 Å². The molecule has 1 aliphatic carbocycles.